The maximum atomic E-state index is 14.6. The number of aliphatic hydroxyl groups excluding tert-OH is 1. The average molecular weight is 380 g/mol. The van der Waals surface area contributed by atoms with Gasteiger partial charge in [0.1, 0.15) is 17.6 Å². The summed E-state index contributed by atoms with van der Waals surface area (Å²) in [5.41, 5.74) is -0.712. The molecule has 7 nitrogen and oxygen atoms in total. The van der Waals surface area contributed by atoms with Gasteiger partial charge in [-0.3, -0.25) is 14.3 Å². The van der Waals surface area contributed by atoms with Gasteiger partial charge in [0.05, 0.1) is 5.56 Å². The number of carbonyl (C=O) groups is 1. The summed E-state index contributed by atoms with van der Waals surface area (Å²) in [6.45, 7) is 1.51. The van der Waals surface area contributed by atoms with E-state index in [2.05, 4.69) is 4.98 Å². The van der Waals surface area contributed by atoms with E-state index < -0.39 is 41.0 Å². The van der Waals surface area contributed by atoms with Crippen LogP contribution in [0.1, 0.15) is 21.3 Å². The van der Waals surface area contributed by atoms with Gasteiger partial charge in [-0.1, -0.05) is 18.2 Å². The Hall–Kier alpha value is -2.39. The molecule has 0 spiro atoms. The fraction of sp³-hybridized carbons (Fsp3) is 0.353. The van der Waals surface area contributed by atoms with Crippen LogP contribution in [0.2, 0.25) is 0 Å². The Kier molecular flexibility index (Phi) is 5.28. The van der Waals surface area contributed by atoms with Crippen molar-refractivity contribution in [3.05, 3.63) is 68.5 Å². The standard InChI is InChI=1S/C17H17FN2O5S/c1-9-7-20(17(24)19-14(9)22)15-13(21)12(18)11(8-26-15)25-16(23)10-5-3-2-4-6-10/h2-7,11-13,15,21H,8H2,1H3,(H,19,22,24)/t11-,12+,13-,15-/m1/s1. The molecule has 0 saturated carbocycles. The lowest BCUT2D eigenvalue weighted by molar-refractivity contribution is -0.0355. The van der Waals surface area contributed by atoms with Crippen molar-refractivity contribution in [2.24, 2.45) is 0 Å². The topological polar surface area (TPSA) is 101 Å². The number of rotatable bonds is 3. The highest BCUT2D eigenvalue weighted by molar-refractivity contribution is 7.99. The molecule has 1 fully saturated rings. The van der Waals surface area contributed by atoms with E-state index in [1.165, 1.54) is 13.1 Å². The molecule has 0 unspecified atom stereocenters. The number of H-pyrrole nitrogens is 1. The number of hydrogen-bond donors (Lipinski definition) is 2. The number of thioether (sulfide) groups is 1. The van der Waals surface area contributed by atoms with Crippen molar-refractivity contribution in [2.45, 2.75) is 30.7 Å². The number of carbonyl (C=O) groups excluding carboxylic acids is 1. The van der Waals surface area contributed by atoms with Crippen LogP contribution in [0.4, 0.5) is 4.39 Å². The Balaban J connectivity index is 1.76. The zero-order valence-electron chi connectivity index (χ0n) is 13.8. The van der Waals surface area contributed by atoms with Crippen LogP contribution in [0.3, 0.4) is 0 Å². The van der Waals surface area contributed by atoms with Gasteiger partial charge < -0.3 is 9.84 Å². The molecule has 1 aliphatic heterocycles. The Morgan fingerprint density at radius 3 is 2.73 bits per heavy atom. The number of aliphatic hydroxyl groups is 1. The molecule has 0 amide bonds. The minimum atomic E-state index is -1.87. The molecule has 0 radical (unpaired) electrons. The average Bonchev–Trinajstić information content (AvgIpc) is 2.63. The first-order valence-electron chi connectivity index (χ1n) is 7.90. The first-order valence-corrected chi connectivity index (χ1v) is 8.95. The number of benzene rings is 1. The number of nitrogens with one attached hydrogen (secondary N) is 1. The zero-order chi connectivity index (χ0) is 18.8. The number of nitrogens with zero attached hydrogens (tertiary/aromatic N) is 1. The number of halogens is 1. The predicted molar refractivity (Wildman–Crippen MR) is 94.1 cm³/mol. The smallest absolute Gasteiger partial charge is 0.338 e. The summed E-state index contributed by atoms with van der Waals surface area (Å²) < 4.78 is 20.9. The monoisotopic (exact) mass is 380 g/mol. The predicted octanol–water partition coefficient (Wildman–Crippen LogP) is 1.02. The molecule has 0 aliphatic carbocycles. The van der Waals surface area contributed by atoms with Gasteiger partial charge in [0.2, 0.25) is 0 Å². The van der Waals surface area contributed by atoms with Gasteiger partial charge in [0, 0.05) is 17.5 Å². The molecule has 3 rings (SSSR count). The van der Waals surface area contributed by atoms with Gasteiger partial charge in [-0.25, -0.2) is 14.0 Å². The molecule has 2 N–H and O–H groups in total. The summed E-state index contributed by atoms with van der Waals surface area (Å²) in [6, 6.07) is 8.16. The van der Waals surface area contributed by atoms with Crippen LogP contribution >= 0.6 is 11.8 Å². The molecule has 4 atom stereocenters. The summed E-state index contributed by atoms with van der Waals surface area (Å²) in [5, 5.41) is 9.36. The van der Waals surface area contributed by atoms with Gasteiger partial charge in [-0.05, 0) is 19.1 Å². The molecule has 0 bridgehead atoms. The van der Waals surface area contributed by atoms with E-state index in [0.717, 1.165) is 16.3 Å². The van der Waals surface area contributed by atoms with Gasteiger partial charge in [0.25, 0.3) is 5.56 Å². The summed E-state index contributed by atoms with van der Waals surface area (Å²) in [4.78, 5) is 37.6. The first-order chi connectivity index (χ1) is 12.4. The van der Waals surface area contributed by atoms with Crippen molar-refractivity contribution in [3.63, 3.8) is 0 Å². The third-order valence-electron chi connectivity index (χ3n) is 4.09. The number of hydrogen-bond acceptors (Lipinski definition) is 6. The molecular formula is C17H17FN2O5S. The Labute approximate surface area is 151 Å². The van der Waals surface area contributed by atoms with E-state index in [1.54, 1.807) is 30.3 Å². The van der Waals surface area contributed by atoms with Gasteiger partial charge >= 0.3 is 11.7 Å². The van der Waals surface area contributed by atoms with Crippen LogP contribution in [0.15, 0.2) is 46.1 Å². The molecule has 2 aromatic rings. The number of ether oxygens (including phenoxy) is 1. The lowest BCUT2D eigenvalue weighted by atomic mass is 10.1. The second-order valence-corrected chi connectivity index (χ2v) is 7.10. The second-order valence-electron chi connectivity index (χ2n) is 5.95. The third kappa shape index (κ3) is 3.58. The van der Waals surface area contributed by atoms with Crippen LogP contribution in [-0.2, 0) is 4.74 Å². The fourth-order valence-electron chi connectivity index (χ4n) is 2.66. The quantitative estimate of drug-likeness (QED) is 0.771. The van der Waals surface area contributed by atoms with E-state index in [-0.39, 0.29) is 16.9 Å². The molecule has 26 heavy (non-hydrogen) atoms. The largest absolute Gasteiger partial charge is 0.455 e. The highest BCUT2D eigenvalue weighted by Gasteiger charge is 2.43. The number of aryl methyl sites for hydroxylation is 1. The molecule has 2 heterocycles. The fourth-order valence-corrected chi connectivity index (χ4v) is 3.96. The van der Waals surface area contributed by atoms with Crippen LogP contribution in [0.5, 0.6) is 0 Å². The van der Waals surface area contributed by atoms with Crippen molar-refractivity contribution in [1.29, 1.82) is 0 Å². The van der Waals surface area contributed by atoms with E-state index in [9.17, 15) is 23.9 Å². The molecule has 1 aliphatic rings. The third-order valence-corrected chi connectivity index (χ3v) is 5.46. The van der Waals surface area contributed by atoms with Crippen molar-refractivity contribution in [3.8, 4) is 0 Å². The van der Waals surface area contributed by atoms with Gasteiger partial charge in [-0.2, -0.15) is 0 Å². The number of aromatic amines is 1. The highest BCUT2D eigenvalue weighted by Crippen LogP contribution is 2.36. The van der Waals surface area contributed by atoms with Crippen LogP contribution in [0, 0.1) is 6.92 Å². The van der Waals surface area contributed by atoms with Crippen LogP contribution in [0.25, 0.3) is 0 Å². The lowest BCUT2D eigenvalue weighted by Gasteiger charge is -2.35. The molecular weight excluding hydrogens is 363 g/mol. The highest BCUT2D eigenvalue weighted by atomic mass is 32.2. The molecule has 9 heteroatoms. The number of aromatic nitrogens is 2. The van der Waals surface area contributed by atoms with Gasteiger partial charge in [0.15, 0.2) is 6.17 Å². The molecule has 1 aromatic carbocycles. The maximum absolute atomic E-state index is 14.6. The van der Waals surface area contributed by atoms with E-state index >= 15 is 0 Å². The van der Waals surface area contributed by atoms with Crippen molar-refractivity contribution in [1.82, 2.24) is 9.55 Å². The zero-order valence-corrected chi connectivity index (χ0v) is 14.6. The number of alkyl halides is 1. The SMILES string of the molecule is Cc1cn([C@@H]2SC[C@@H](OC(=O)c3ccccc3)[C@H](F)[C@H]2O)c(=O)[nH]c1=O. The van der Waals surface area contributed by atoms with Crippen molar-refractivity contribution >= 4 is 17.7 Å². The van der Waals surface area contributed by atoms with Crippen LogP contribution < -0.4 is 11.2 Å². The summed E-state index contributed by atoms with van der Waals surface area (Å²) in [6.07, 6.45) is -3.30. The molecule has 1 aromatic heterocycles. The molecule has 138 valence electrons. The maximum Gasteiger partial charge on any atom is 0.338 e. The Morgan fingerprint density at radius 2 is 2.04 bits per heavy atom. The summed E-state index contributed by atoms with van der Waals surface area (Å²) in [7, 11) is 0. The normalized spacial score (nSPS) is 25.7. The van der Waals surface area contributed by atoms with E-state index in [4.69, 9.17) is 4.74 Å². The molecule has 1 saturated heterocycles. The minimum absolute atomic E-state index is 0.0616. The lowest BCUT2D eigenvalue weighted by Crippen LogP contribution is -2.49. The van der Waals surface area contributed by atoms with E-state index in [0.29, 0.717) is 0 Å². The van der Waals surface area contributed by atoms with E-state index in [1.807, 2.05) is 0 Å². The summed E-state index contributed by atoms with van der Waals surface area (Å²) in [5.74, 6) is -0.618. The summed E-state index contributed by atoms with van der Waals surface area (Å²) >= 11 is 1.08. The minimum Gasteiger partial charge on any atom is -0.455 e. The van der Waals surface area contributed by atoms with Gasteiger partial charge in [-0.15, -0.1) is 11.8 Å². The Bertz CT molecular complexity index is 913. The first kappa shape index (κ1) is 18.4. The Morgan fingerprint density at radius 1 is 1.35 bits per heavy atom. The second kappa shape index (κ2) is 7.46. The van der Waals surface area contributed by atoms with Crippen LogP contribution in [-0.4, -0.2) is 44.8 Å². The number of esters is 1. The van der Waals surface area contributed by atoms with Crippen molar-refractivity contribution < 1.29 is 19.0 Å². The van der Waals surface area contributed by atoms with Crippen molar-refractivity contribution in [2.75, 3.05) is 5.75 Å².